The van der Waals surface area contributed by atoms with Crippen molar-refractivity contribution in [1.29, 1.82) is 0 Å². The molecule has 1 aliphatic heterocycles. The number of ether oxygens (including phenoxy) is 1. The van der Waals surface area contributed by atoms with E-state index in [4.69, 9.17) is 9.26 Å². The topological polar surface area (TPSA) is 60.2 Å². The van der Waals surface area contributed by atoms with Crippen molar-refractivity contribution < 1.29 is 9.26 Å². The van der Waals surface area contributed by atoms with Gasteiger partial charge in [-0.3, -0.25) is 0 Å². The van der Waals surface area contributed by atoms with Crippen LogP contribution in [0.15, 0.2) is 4.52 Å². The average Bonchev–Trinajstić information content (AvgIpc) is 2.73. The Morgan fingerprint density at radius 1 is 1.50 bits per heavy atom. The van der Waals surface area contributed by atoms with E-state index in [2.05, 4.69) is 29.3 Å². The zero-order valence-corrected chi connectivity index (χ0v) is 10.1. The Morgan fingerprint density at radius 2 is 2.31 bits per heavy atom. The van der Waals surface area contributed by atoms with Crippen molar-refractivity contribution in [1.82, 2.24) is 15.5 Å². The second-order valence-electron chi connectivity index (χ2n) is 4.90. The number of hydrogen-bond acceptors (Lipinski definition) is 5. The Balaban J connectivity index is 1.69. The van der Waals surface area contributed by atoms with Gasteiger partial charge in [0.1, 0.15) is 0 Å². The van der Waals surface area contributed by atoms with Crippen molar-refractivity contribution in [2.75, 3.05) is 6.54 Å². The summed E-state index contributed by atoms with van der Waals surface area (Å²) in [5.41, 5.74) is 0.0351. The molecule has 5 heteroatoms. The normalized spacial score (nSPS) is 23.8. The van der Waals surface area contributed by atoms with E-state index in [0.29, 0.717) is 24.4 Å². The Labute approximate surface area is 95.6 Å². The summed E-state index contributed by atoms with van der Waals surface area (Å²) in [5, 5.41) is 7.01. The van der Waals surface area contributed by atoms with Crippen LogP contribution in [0.2, 0.25) is 0 Å². The molecule has 1 aromatic rings. The zero-order valence-electron chi connectivity index (χ0n) is 10.1. The largest absolute Gasteiger partial charge is 0.371 e. The first-order valence-corrected chi connectivity index (χ1v) is 5.73. The maximum absolute atomic E-state index is 5.86. The number of aryl methyl sites for hydroxylation is 1. The molecular weight excluding hydrogens is 206 g/mol. The molecule has 2 heterocycles. The summed E-state index contributed by atoms with van der Waals surface area (Å²) >= 11 is 0. The summed E-state index contributed by atoms with van der Waals surface area (Å²) < 4.78 is 10.9. The van der Waals surface area contributed by atoms with E-state index >= 15 is 0 Å². The lowest BCUT2D eigenvalue weighted by Crippen LogP contribution is -2.29. The van der Waals surface area contributed by atoms with E-state index in [0.717, 1.165) is 19.4 Å². The lowest BCUT2D eigenvalue weighted by Gasteiger charge is -2.19. The van der Waals surface area contributed by atoms with Crippen molar-refractivity contribution in [2.45, 2.75) is 51.9 Å². The predicted molar refractivity (Wildman–Crippen MR) is 58.9 cm³/mol. The van der Waals surface area contributed by atoms with Crippen molar-refractivity contribution in [2.24, 2.45) is 0 Å². The van der Waals surface area contributed by atoms with Crippen molar-refractivity contribution in [3.05, 3.63) is 11.7 Å². The standard InChI is InChI=1S/C11H19N3O2/c1-8-13-10(16-14-8)7-12-6-9-4-5-11(2,3)15-9/h9,12H,4-7H2,1-3H3. The average molecular weight is 225 g/mol. The molecule has 1 aromatic heterocycles. The fraction of sp³-hybridized carbons (Fsp3) is 0.818. The fourth-order valence-corrected chi connectivity index (χ4v) is 1.97. The molecule has 1 N–H and O–H groups in total. The third-order valence-electron chi connectivity index (χ3n) is 2.77. The van der Waals surface area contributed by atoms with Crippen molar-refractivity contribution in [3.63, 3.8) is 0 Å². The highest BCUT2D eigenvalue weighted by Crippen LogP contribution is 2.28. The maximum Gasteiger partial charge on any atom is 0.240 e. The number of nitrogens with one attached hydrogen (secondary N) is 1. The smallest absolute Gasteiger partial charge is 0.240 e. The molecule has 90 valence electrons. The van der Waals surface area contributed by atoms with Gasteiger partial charge in [-0.25, -0.2) is 0 Å². The van der Waals surface area contributed by atoms with E-state index < -0.39 is 0 Å². The van der Waals surface area contributed by atoms with E-state index in [1.807, 2.05) is 6.92 Å². The van der Waals surface area contributed by atoms with Crippen LogP contribution in [0.3, 0.4) is 0 Å². The molecule has 1 saturated heterocycles. The van der Waals surface area contributed by atoms with E-state index in [1.54, 1.807) is 0 Å². The molecule has 1 aliphatic rings. The van der Waals surface area contributed by atoms with E-state index in [-0.39, 0.29) is 5.60 Å². The van der Waals surface area contributed by atoms with Gasteiger partial charge in [-0.15, -0.1) is 0 Å². The van der Waals surface area contributed by atoms with Crippen LogP contribution in [0, 0.1) is 6.92 Å². The highest BCUT2D eigenvalue weighted by molar-refractivity contribution is 4.84. The van der Waals surface area contributed by atoms with E-state index in [9.17, 15) is 0 Å². The molecule has 0 aromatic carbocycles. The van der Waals surface area contributed by atoms with Gasteiger partial charge in [0.05, 0.1) is 18.2 Å². The molecule has 1 fully saturated rings. The maximum atomic E-state index is 5.86. The van der Waals surface area contributed by atoms with Gasteiger partial charge < -0.3 is 14.6 Å². The molecule has 0 aliphatic carbocycles. The molecule has 0 bridgehead atoms. The van der Waals surface area contributed by atoms with Crippen LogP contribution in [-0.2, 0) is 11.3 Å². The highest BCUT2D eigenvalue weighted by Gasteiger charge is 2.31. The number of hydrogen-bond donors (Lipinski definition) is 1. The lowest BCUT2D eigenvalue weighted by atomic mass is 10.1. The van der Waals surface area contributed by atoms with Crippen LogP contribution in [0.5, 0.6) is 0 Å². The summed E-state index contributed by atoms with van der Waals surface area (Å²) in [6.45, 7) is 7.53. The third-order valence-corrected chi connectivity index (χ3v) is 2.77. The van der Waals surface area contributed by atoms with Gasteiger partial charge in [0, 0.05) is 6.54 Å². The molecule has 0 spiro atoms. The Morgan fingerprint density at radius 3 is 2.88 bits per heavy atom. The van der Waals surface area contributed by atoms with Gasteiger partial charge >= 0.3 is 0 Å². The fourth-order valence-electron chi connectivity index (χ4n) is 1.97. The minimum Gasteiger partial charge on any atom is -0.371 e. The molecule has 2 rings (SSSR count). The minimum atomic E-state index is 0.0351. The van der Waals surface area contributed by atoms with Crippen molar-refractivity contribution in [3.8, 4) is 0 Å². The summed E-state index contributed by atoms with van der Waals surface area (Å²) in [7, 11) is 0. The first kappa shape index (κ1) is 11.5. The second kappa shape index (κ2) is 4.51. The van der Waals surface area contributed by atoms with Crippen LogP contribution < -0.4 is 5.32 Å². The number of nitrogens with zero attached hydrogens (tertiary/aromatic N) is 2. The number of rotatable bonds is 4. The van der Waals surface area contributed by atoms with Crippen LogP contribution in [-0.4, -0.2) is 28.4 Å². The summed E-state index contributed by atoms with van der Waals surface area (Å²) in [6, 6.07) is 0. The van der Waals surface area contributed by atoms with Gasteiger partial charge in [0.25, 0.3) is 0 Å². The quantitative estimate of drug-likeness (QED) is 0.839. The van der Waals surface area contributed by atoms with Gasteiger partial charge in [-0.2, -0.15) is 4.98 Å². The third kappa shape index (κ3) is 3.02. The molecule has 0 amide bonds. The van der Waals surface area contributed by atoms with Crippen LogP contribution in [0.4, 0.5) is 0 Å². The van der Waals surface area contributed by atoms with E-state index in [1.165, 1.54) is 0 Å². The monoisotopic (exact) mass is 225 g/mol. The summed E-state index contributed by atoms with van der Waals surface area (Å²) in [4.78, 5) is 4.12. The zero-order chi connectivity index (χ0) is 11.6. The Kier molecular flexibility index (Phi) is 3.25. The SMILES string of the molecule is Cc1noc(CNCC2CCC(C)(C)O2)n1. The molecule has 1 atom stereocenters. The Bertz CT molecular complexity index is 349. The first-order valence-electron chi connectivity index (χ1n) is 5.73. The minimum absolute atomic E-state index is 0.0351. The van der Waals surface area contributed by atoms with Gasteiger partial charge in [0.2, 0.25) is 5.89 Å². The molecule has 1 unspecified atom stereocenters. The molecule has 0 saturated carbocycles. The number of aromatic nitrogens is 2. The summed E-state index contributed by atoms with van der Waals surface area (Å²) in [6.07, 6.45) is 2.54. The van der Waals surface area contributed by atoms with Crippen molar-refractivity contribution >= 4 is 0 Å². The first-order chi connectivity index (χ1) is 7.55. The lowest BCUT2D eigenvalue weighted by molar-refractivity contribution is -0.0144. The molecular formula is C11H19N3O2. The van der Waals surface area contributed by atoms with Gasteiger partial charge in [-0.1, -0.05) is 5.16 Å². The Hall–Kier alpha value is -0.940. The summed E-state index contributed by atoms with van der Waals surface area (Å²) in [5.74, 6) is 1.31. The second-order valence-corrected chi connectivity index (χ2v) is 4.90. The molecule has 16 heavy (non-hydrogen) atoms. The predicted octanol–water partition coefficient (Wildman–Crippen LogP) is 1.43. The van der Waals surface area contributed by atoms with Crippen LogP contribution in [0.25, 0.3) is 0 Å². The van der Waals surface area contributed by atoms with Crippen LogP contribution in [0.1, 0.15) is 38.4 Å². The highest BCUT2D eigenvalue weighted by atomic mass is 16.5. The van der Waals surface area contributed by atoms with Crippen LogP contribution >= 0.6 is 0 Å². The van der Waals surface area contributed by atoms with Gasteiger partial charge in [0.15, 0.2) is 5.82 Å². The van der Waals surface area contributed by atoms with Gasteiger partial charge in [-0.05, 0) is 33.6 Å². The molecule has 0 radical (unpaired) electrons. The molecule has 5 nitrogen and oxygen atoms in total.